The standard InChI is InChI=1S/C26H34N8O3/c1-2-6-18(10-14-36)31-24-23-21(32-26(27)33-24)15-30-34(23)16-17-8-9-20(19-7-5-12-28-22(17)19)25(37)29-11-3-4-13-35/h5,7-9,12,15,18,35-36H,2-4,6,10-11,13-14,16H2,1H3,(H,29,37)(H3,27,31,32,33)/t18-/m0/s1. The molecule has 0 fully saturated rings. The second-order valence-corrected chi connectivity index (χ2v) is 8.97. The highest BCUT2D eigenvalue weighted by Crippen LogP contribution is 2.26. The summed E-state index contributed by atoms with van der Waals surface area (Å²) >= 11 is 0. The van der Waals surface area contributed by atoms with Crippen molar-refractivity contribution in [2.45, 2.75) is 51.6 Å². The quantitative estimate of drug-likeness (QED) is 0.171. The second kappa shape index (κ2) is 12.4. The lowest BCUT2D eigenvalue weighted by Gasteiger charge is -2.19. The van der Waals surface area contributed by atoms with E-state index < -0.39 is 0 Å². The normalized spacial score (nSPS) is 12.2. The zero-order valence-corrected chi connectivity index (χ0v) is 21.0. The number of fused-ring (bicyclic) bond motifs is 2. The van der Waals surface area contributed by atoms with E-state index in [9.17, 15) is 9.90 Å². The molecular formula is C26H34N8O3. The van der Waals surface area contributed by atoms with Gasteiger partial charge in [-0.1, -0.05) is 25.5 Å². The highest BCUT2D eigenvalue weighted by Gasteiger charge is 2.18. The number of pyridine rings is 1. The van der Waals surface area contributed by atoms with Crippen LogP contribution in [-0.4, -0.2) is 66.7 Å². The molecule has 4 aromatic rings. The molecule has 0 aliphatic heterocycles. The number of nitrogens with two attached hydrogens (primary N) is 1. The largest absolute Gasteiger partial charge is 0.396 e. The fourth-order valence-corrected chi connectivity index (χ4v) is 4.48. The van der Waals surface area contributed by atoms with Gasteiger partial charge in [-0.2, -0.15) is 10.1 Å². The molecule has 11 heteroatoms. The number of aromatic nitrogens is 5. The molecule has 0 saturated heterocycles. The van der Waals surface area contributed by atoms with Crippen LogP contribution in [0.3, 0.4) is 0 Å². The summed E-state index contributed by atoms with van der Waals surface area (Å²) in [5.41, 5.74) is 9.45. The van der Waals surface area contributed by atoms with Crippen molar-refractivity contribution in [1.82, 2.24) is 30.0 Å². The lowest BCUT2D eigenvalue weighted by atomic mass is 10.0. The first kappa shape index (κ1) is 26.2. The first-order valence-corrected chi connectivity index (χ1v) is 12.7. The van der Waals surface area contributed by atoms with Crippen molar-refractivity contribution >= 4 is 39.6 Å². The van der Waals surface area contributed by atoms with E-state index >= 15 is 0 Å². The first-order valence-electron chi connectivity index (χ1n) is 12.7. The van der Waals surface area contributed by atoms with Gasteiger partial charge in [0, 0.05) is 42.9 Å². The Morgan fingerprint density at radius 3 is 2.78 bits per heavy atom. The smallest absolute Gasteiger partial charge is 0.251 e. The van der Waals surface area contributed by atoms with Crippen LogP contribution < -0.4 is 16.4 Å². The molecule has 6 N–H and O–H groups in total. The van der Waals surface area contributed by atoms with E-state index in [1.165, 1.54) is 0 Å². The van der Waals surface area contributed by atoms with Gasteiger partial charge in [-0.15, -0.1) is 0 Å². The molecule has 0 spiro atoms. The number of nitrogens with one attached hydrogen (secondary N) is 2. The van der Waals surface area contributed by atoms with Gasteiger partial charge in [0.05, 0.1) is 18.3 Å². The predicted octanol–water partition coefficient (Wildman–Crippen LogP) is 2.47. The molecule has 0 aliphatic rings. The van der Waals surface area contributed by atoms with Crippen molar-refractivity contribution in [3.05, 3.63) is 47.8 Å². The van der Waals surface area contributed by atoms with Gasteiger partial charge in [-0.05, 0) is 43.4 Å². The summed E-state index contributed by atoms with van der Waals surface area (Å²) in [5.74, 6) is 0.548. The number of rotatable bonds is 13. The van der Waals surface area contributed by atoms with Crippen LogP contribution in [0.2, 0.25) is 0 Å². The maximum Gasteiger partial charge on any atom is 0.251 e. The zero-order chi connectivity index (χ0) is 26.2. The number of benzene rings is 1. The van der Waals surface area contributed by atoms with E-state index in [-0.39, 0.29) is 31.1 Å². The van der Waals surface area contributed by atoms with E-state index in [2.05, 4.69) is 37.6 Å². The van der Waals surface area contributed by atoms with Crippen LogP contribution in [0.1, 0.15) is 54.9 Å². The molecule has 37 heavy (non-hydrogen) atoms. The summed E-state index contributed by atoms with van der Waals surface area (Å²) in [6.45, 7) is 3.15. The van der Waals surface area contributed by atoms with Crippen LogP contribution in [-0.2, 0) is 6.54 Å². The van der Waals surface area contributed by atoms with Gasteiger partial charge in [0.25, 0.3) is 5.91 Å². The average molecular weight is 507 g/mol. The molecule has 11 nitrogen and oxygen atoms in total. The molecule has 0 unspecified atom stereocenters. The number of hydrogen-bond donors (Lipinski definition) is 5. The average Bonchev–Trinajstić information content (AvgIpc) is 3.29. The summed E-state index contributed by atoms with van der Waals surface area (Å²) in [6.07, 6.45) is 7.14. The molecule has 1 atom stereocenters. The van der Waals surface area contributed by atoms with Crippen molar-refractivity contribution in [3.63, 3.8) is 0 Å². The molecule has 0 aliphatic carbocycles. The summed E-state index contributed by atoms with van der Waals surface area (Å²) in [4.78, 5) is 26.2. The number of hydrogen-bond acceptors (Lipinski definition) is 9. The minimum absolute atomic E-state index is 0.0357. The van der Waals surface area contributed by atoms with Crippen molar-refractivity contribution in [1.29, 1.82) is 0 Å². The van der Waals surface area contributed by atoms with Crippen molar-refractivity contribution in [3.8, 4) is 0 Å². The van der Waals surface area contributed by atoms with E-state index in [1.807, 2.05) is 18.2 Å². The maximum absolute atomic E-state index is 12.8. The third kappa shape index (κ3) is 6.12. The van der Waals surface area contributed by atoms with E-state index in [0.29, 0.717) is 60.3 Å². The number of aliphatic hydroxyl groups is 2. The number of unbranched alkanes of at least 4 members (excludes halogenated alkanes) is 1. The topological polar surface area (TPSA) is 164 Å². The van der Waals surface area contributed by atoms with Crippen LogP contribution in [0.25, 0.3) is 21.9 Å². The highest BCUT2D eigenvalue weighted by molar-refractivity contribution is 6.06. The Bertz CT molecular complexity index is 1350. The summed E-state index contributed by atoms with van der Waals surface area (Å²) < 4.78 is 1.80. The first-order chi connectivity index (χ1) is 18.0. The predicted molar refractivity (Wildman–Crippen MR) is 143 cm³/mol. The minimum Gasteiger partial charge on any atom is -0.396 e. The Balaban J connectivity index is 1.67. The van der Waals surface area contributed by atoms with Gasteiger partial charge in [-0.25, -0.2) is 4.98 Å². The molecule has 1 aromatic carbocycles. The Morgan fingerprint density at radius 1 is 1.14 bits per heavy atom. The van der Waals surface area contributed by atoms with Crippen LogP contribution in [0.5, 0.6) is 0 Å². The number of anilines is 2. The van der Waals surface area contributed by atoms with E-state index in [0.717, 1.165) is 23.8 Å². The van der Waals surface area contributed by atoms with E-state index in [1.54, 1.807) is 23.1 Å². The molecule has 3 aromatic heterocycles. The Hall–Kier alpha value is -3.83. The SMILES string of the molecule is CCC[C@@H](CCO)Nc1nc(N)nc2cnn(Cc3ccc(C(=O)NCCCCO)c4cccnc34)c12. The third-order valence-corrected chi connectivity index (χ3v) is 6.25. The second-order valence-electron chi connectivity index (χ2n) is 8.97. The van der Waals surface area contributed by atoms with Crippen LogP contribution in [0.4, 0.5) is 11.8 Å². The highest BCUT2D eigenvalue weighted by atomic mass is 16.3. The van der Waals surface area contributed by atoms with Crippen molar-refractivity contribution < 1.29 is 15.0 Å². The summed E-state index contributed by atoms with van der Waals surface area (Å²) in [6, 6.07) is 7.43. The summed E-state index contributed by atoms with van der Waals surface area (Å²) in [7, 11) is 0. The molecule has 0 saturated carbocycles. The van der Waals surface area contributed by atoms with Gasteiger partial charge in [-0.3, -0.25) is 14.5 Å². The lowest BCUT2D eigenvalue weighted by Crippen LogP contribution is -2.25. The lowest BCUT2D eigenvalue weighted by molar-refractivity contribution is 0.0953. The Kier molecular flexibility index (Phi) is 8.81. The molecule has 0 radical (unpaired) electrons. The zero-order valence-electron chi connectivity index (χ0n) is 21.0. The number of carbonyl (C=O) groups is 1. The van der Waals surface area contributed by atoms with Crippen molar-refractivity contribution in [2.75, 3.05) is 30.8 Å². The third-order valence-electron chi connectivity index (χ3n) is 6.25. The Morgan fingerprint density at radius 2 is 2.00 bits per heavy atom. The van der Waals surface area contributed by atoms with Gasteiger partial charge in [0.15, 0.2) is 5.82 Å². The Labute approximate surface area is 215 Å². The number of aliphatic hydroxyl groups excluding tert-OH is 2. The molecule has 0 bridgehead atoms. The fourth-order valence-electron chi connectivity index (χ4n) is 4.48. The van der Waals surface area contributed by atoms with E-state index in [4.69, 9.17) is 10.8 Å². The molecule has 196 valence electrons. The van der Waals surface area contributed by atoms with Crippen LogP contribution in [0.15, 0.2) is 36.7 Å². The molecule has 4 rings (SSSR count). The van der Waals surface area contributed by atoms with Crippen LogP contribution in [0, 0.1) is 0 Å². The van der Waals surface area contributed by atoms with Crippen LogP contribution >= 0.6 is 0 Å². The van der Waals surface area contributed by atoms with Gasteiger partial charge in [0.1, 0.15) is 11.0 Å². The number of nitrogen functional groups attached to an aromatic ring is 1. The minimum atomic E-state index is -0.173. The van der Waals surface area contributed by atoms with Gasteiger partial charge in [0.2, 0.25) is 5.95 Å². The fraction of sp³-hybridized carbons (Fsp3) is 0.423. The monoisotopic (exact) mass is 506 g/mol. The number of amides is 1. The maximum atomic E-state index is 12.8. The molecule has 1 amide bonds. The van der Waals surface area contributed by atoms with Gasteiger partial charge < -0.3 is 26.6 Å². The molecular weight excluding hydrogens is 472 g/mol. The number of nitrogens with zero attached hydrogens (tertiary/aromatic N) is 5. The van der Waals surface area contributed by atoms with Gasteiger partial charge >= 0.3 is 0 Å². The van der Waals surface area contributed by atoms with Crippen molar-refractivity contribution in [2.24, 2.45) is 0 Å². The number of carbonyl (C=O) groups excluding carboxylic acids is 1. The molecule has 3 heterocycles. The summed E-state index contributed by atoms with van der Waals surface area (Å²) in [5, 5.41) is 30.1.